The molecule has 0 heterocycles. The average Bonchev–Trinajstić information content (AvgIpc) is 3.00. The molecular formula is C24H40O4. The Hall–Kier alpha value is -0.610. The summed E-state index contributed by atoms with van der Waals surface area (Å²) in [6.07, 6.45) is 9.26. The van der Waals surface area contributed by atoms with E-state index in [1.807, 2.05) is 0 Å². The van der Waals surface area contributed by atoms with Gasteiger partial charge in [0.25, 0.3) is 0 Å². The van der Waals surface area contributed by atoms with E-state index in [2.05, 4.69) is 20.8 Å². The molecular weight excluding hydrogens is 352 g/mol. The summed E-state index contributed by atoms with van der Waals surface area (Å²) in [7, 11) is 0. The molecule has 4 fully saturated rings. The van der Waals surface area contributed by atoms with Crippen LogP contribution < -0.4 is 0 Å². The van der Waals surface area contributed by atoms with Crippen molar-refractivity contribution in [2.75, 3.05) is 0 Å². The van der Waals surface area contributed by atoms with E-state index in [1.54, 1.807) is 0 Å². The normalized spacial score (nSPS) is 51.7. The van der Waals surface area contributed by atoms with E-state index in [0.717, 1.165) is 38.5 Å². The predicted octanol–water partition coefficient (Wildman–Crippen LogP) is 4.48. The first-order chi connectivity index (χ1) is 13.2. The van der Waals surface area contributed by atoms with Gasteiger partial charge in [-0.2, -0.15) is 0 Å². The Bertz CT molecular complexity index is 605. The van der Waals surface area contributed by atoms with Crippen molar-refractivity contribution in [2.24, 2.45) is 46.3 Å². The van der Waals surface area contributed by atoms with Crippen molar-refractivity contribution >= 4 is 5.97 Å². The van der Waals surface area contributed by atoms with Crippen LogP contribution in [0.3, 0.4) is 0 Å². The van der Waals surface area contributed by atoms with Gasteiger partial charge in [0.05, 0.1) is 12.2 Å². The fourth-order valence-corrected chi connectivity index (χ4v) is 8.71. The number of carbonyl (C=O) groups is 1. The van der Waals surface area contributed by atoms with E-state index < -0.39 is 5.97 Å². The zero-order valence-electron chi connectivity index (χ0n) is 17.9. The molecule has 0 amide bonds. The summed E-state index contributed by atoms with van der Waals surface area (Å²) < 4.78 is 0. The van der Waals surface area contributed by atoms with Gasteiger partial charge in [-0.3, -0.25) is 4.79 Å². The maximum Gasteiger partial charge on any atom is 0.303 e. The minimum Gasteiger partial charge on any atom is -0.481 e. The van der Waals surface area contributed by atoms with Gasteiger partial charge < -0.3 is 15.3 Å². The number of hydrogen-bond donors (Lipinski definition) is 3. The van der Waals surface area contributed by atoms with E-state index in [1.165, 1.54) is 19.3 Å². The summed E-state index contributed by atoms with van der Waals surface area (Å²) in [6.45, 7) is 6.99. The fourth-order valence-electron chi connectivity index (χ4n) is 8.71. The number of hydrogen-bond acceptors (Lipinski definition) is 3. The zero-order chi connectivity index (χ0) is 20.3. The molecule has 0 aromatic rings. The second-order valence-corrected chi connectivity index (χ2v) is 11.3. The number of aliphatic carboxylic acids is 1. The van der Waals surface area contributed by atoms with Crippen LogP contribution in [0.4, 0.5) is 0 Å². The van der Waals surface area contributed by atoms with Gasteiger partial charge in [0.15, 0.2) is 0 Å². The second kappa shape index (κ2) is 7.27. The lowest BCUT2D eigenvalue weighted by atomic mass is 9.43. The van der Waals surface area contributed by atoms with Crippen molar-refractivity contribution in [3.63, 3.8) is 0 Å². The molecule has 0 spiro atoms. The molecule has 4 nitrogen and oxygen atoms in total. The van der Waals surface area contributed by atoms with E-state index in [0.29, 0.717) is 35.5 Å². The predicted molar refractivity (Wildman–Crippen MR) is 109 cm³/mol. The highest BCUT2D eigenvalue weighted by molar-refractivity contribution is 5.66. The Morgan fingerprint density at radius 1 is 1.04 bits per heavy atom. The maximum absolute atomic E-state index is 11.5. The van der Waals surface area contributed by atoms with Crippen LogP contribution in [0.1, 0.15) is 85.0 Å². The molecule has 28 heavy (non-hydrogen) atoms. The molecule has 0 bridgehead atoms. The molecule has 0 aliphatic heterocycles. The number of carboxylic acids is 1. The Balaban J connectivity index is 1.56. The van der Waals surface area contributed by atoms with Gasteiger partial charge >= 0.3 is 5.97 Å². The third-order valence-corrected chi connectivity index (χ3v) is 10.3. The highest BCUT2D eigenvalue weighted by atomic mass is 16.4. The van der Waals surface area contributed by atoms with Gasteiger partial charge in [-0.25, -0.2) is 0 Å². The smallest absolute Gasteiger partial charge is 0.303 e. The first kappa shape index (κ1) is 20.7. The van der Waals surface area contributed by atoms with Crippen LogP contribution in [-0.4, -0.2) is 33.5 Å². The van der Waals surface area contributed by atoms with E-state index >= 15 is 0 Å². The highest BCUT2D eigenvalue weighted by Gasteiger charge is 2.63. The van der Waals surface area contributed by atoms with E-state index in [-0.39, 0.29) is 29.5 Å². The molecule has 0 aromatic heterocycles. The lowest BCUT2D eigenvalue weighted by Gasteiger charge is -2.62. The van der Waals surface area contributed by atoms with Gasteiger partial charge in [0.2, 0.25) is 0 Å². The molecule has 4 heteroatoms. The number of fused-ring (bicyclic) bond motifs is 5. The topological polar surface area (TPSA) is 77.8 Å². The lowest BCUT2D eigenvalue weighted by Crippen LogP contribution is -2.58. The molecule has 0 saturated heterocycles. The Morgan fingerprint density at radius 2 is 1.79 bits per heavy atom. The highest BCUT2D eigenvalue weighted by Crippen LogP contribution is 2.68. The van der Waals surface area contributed by atoms with Crippen molar-refractivity contribution in [2.45, 2.75) is 97.2 Å². The Labute approximate surface area is 170 Å². The van der Waals surface area contributed by atoms with Gasteiger partial charge in [-0.1, -0.05) is 20.8 Å². The largest absolute Gasteiger partial charge is 0.481 e. The standard InChI is InChI=1S/C24H40O4/c1-14(4-9-22(27)28)18-7-8-19-17-6-5-15-12-16(25)10-11-23(15,2)20(17)13-21(26)24(18,19)3/h14-21,25-26H,4-13H2,1-3H3,(H,27,28)/t14-,15-,16-,17-,18-,19-,20-,21+,23+,24-/m1/s1. The fraction of sp³-hybridized carbons (Fsp3) is 0.958. The summed E-state index contributed by atoms with van der Waals surface area (Å²) in [5, 5.41) is 30.8. The van der Waals surface area contributed by atoms with Gasteiger partial charge in [-0.05, 0) is 104 Å². The second-order valence-electron chi connectivity index (χ2n) is 11.3. The molecule has 4 aliphatic carbocycles. The average molecular weight is 393 g/mol. The van der Waals surface area contributed by atoms with Crippen LogP contribution in [0, 0.1) is 46.3 Å². The summed E-state index contributed by atoms with van der Waals surface area (Å²) in [4.78, 5) is 11.1. The minimum atomic E-state index is -0.707. The van der Waals surface area contributed by atoms with Crippen LogP contribution in [-0.2, 0) is 4.79 Å². The van der Waals surface area contributed by atoms with Crippen LogP contribution in [0.5, 0.6) is 0 Å². The summed E-state index contributed by atoms with van der Waals surface area (Å²) in [6, 6.07) is 0. The molecule has 4 saturated carbocycles. The number of aliphatic hydroxyl groups excluding tert-OH is 2. The van der Waals surface area contributed by atoms with Crippen molar-refractivity contribution in [1.29, 1.82) is 0 Å². The van der Waals surface area contributed by atoms with Crippen LogP contribution in [0.25, 0.3) is 0 Å². The van der Waals surface area contributed by atoms with Crippen molar-refractivity contribution < 1.29 is 20.1 Å². The molecule has 0 aromatic carbocycles. The van der Waals surface area contributed by atoms with Gasteiger partial charge in [-0.15, -0.1) is 0 Å². The SMILES string of the molecule is C[C@H](CCC(=O)O)[C@H]1CC[C@@H]2[C@H]3CC[C@@H]4C[C@H](O)CC[C@]4(C)[C@@H]3C[C@H](O)[C@@]21C. The number of rotatable bonds is 4. The Morgan fingerprint density at radius 3 is 2.50 bits per heavy atom. The van der Waals surface area contributed by atoms with Crippen LogP contribution >= 0.6 is 0 Å². The van der Waals surface area contributed by atoms with Crippen molar-refractivity contribution in [1.82, 2.24) is 0 Å². The first-order valence-electron chi connectivity index (χ1n) is 11.8. The van der Waals surface area contributed by atoms with E-state index in [9.17, 15) is 15.0 Å². The molecule has 4 rings (SSSR count). The van der Waals surface area contributed by atoms with Crippen molar-refractivity contribution in [3.8, 4) is 0 Å². The molecule has 3 N–H and O–H groups in total. The zero-order valence-corrected chi connectivity index (χ0v) is 17.9. The number of carboxylic acid groups (broad SMARTS) is 1. The summed E-state index contributed by atoms with van der Waals surface area (Å²) >= 11 is 0. The molecule has 0 radical (unpaired) electrons. The third-order valence-electron chi connectivity index (χ3n) is 10.3. The molecule has 0 unspecified atom stereocenters. The maximum atomic E-state index is 11.5. The third kappa shape index (κ3) is 3.05. The monoisotopic (exact) mass is 392 g/mol. The quantitative estimate of drug-likeness (QED) is 0.659. The molecule has 4 aliphatic rings. The van der Waals surface area contributed by atoms with Crippen LogP contribution in [0.2, 0.25) is 0 Å². The molecule has 160 valence electrons. The minimum absolute atomic E-state index is 0.0591. The summed E-state index contributed by atoms with van der Waals surface area (Å²) in [5.74, 6) is 2.55. The van der Waals surface area contributed by atoms with Crippen molar-refractivity contribution in [3.05, 3.63) is 0 Å². The van der Waals surface area contributed by atoms with Gasteiger partial charge in [0, 0.05) is 6.42 Å². The van der Waals surface area contributed by atoms with Crippen LogP contribution in [0.15, 0.2) is 0 Å². The Kier molecular flexibility index (Phi) is 5.36. The molecule has 10 atom stereocenters. The first-order valence-corrected chi connectivity index (χ1v) is 11.8. The summed E-state index contributed by atoms with van der Waals surface area (Å²) in [5.41, 5.74) is 0.216. The number of aliphatic hydroxyl groups is 2. The van der Waals surface area contributed by atoms with E-state index in [4.69, 9.17) is 5.11 Å². The van der Waals surface area contributed by atoms with Gasteiger partial charge in [0.1, 0.15) is 0 Å². The lowest BCUT2D eigenvalue weighted by molar-refractivity contribution is -0.175.